The molecule has 5 atom stereocenters. The van der Waals surface area contributed by atoms with Gasteiger partial charge < -0.3 is 33.8 Å². The summed E-state index contributed by atoms with van der Waals surface area (Å²) in [5.41, 5.74) is 0. The molecule has 0 aliphatic carbocycles. The number of ether oxygens (including phenoxy) is 4. The third-order valence-electron chi connectivity index (χ3n) is 15.6. The third-order valence-corrected chi connectivity index (χ3v) is 17.5. The monoisotopic (exact) mass is 1280 g/mol. The van der Waals surface area contributed by atoms with Crippen LogP contribution in [0.3, 0.4) is 0 Å². The van der Waals surface area contributed by atoms with Crippen molar-refractivity contribution in [3.8, 4) is 0 Å². The van der Waals surface area contributed by atoms with Crippen molar-refractivity contribution >= 4 is 39.5 Å². The summed E-state index contributed by atoms with van der Waals surface area (Å²) in [6.07, 6.45) is 39.1. The number of aliphatic hydroxyl groups excluding tert-OH is 1. The van der Waals surface area contributed by atoms with Gasteiger partial charge in [0.15, 0.2) is 12.2 Å². The maximum absolute atomic E-state index is 13.0. The first kappa shape index (κ1) is 85.1. The Hall–Kier alpha value is -1.94. The molecule has 3 N–H and O–H groups in total. The largest absolute Gasteiger partial charge is 0.472 e. The first-order chi connectivity index (χ1) is 41.6. The summed E-state index contributed by atoms with van der Waals surface area (Å²) in [5.74, 6) is 0.784. The first-order valence-corrected chi connectivity index (χ1v) is 38.2. The van der Waals surface area contributed by atoms with E-state index in [0.29, 0.717) is 31.6 Å². The summed E-state index contributed by atoms with van der Waals surface area (Å²) in [6.45, 7) is 14.0. The smallest absolute Gasteiger partial charge is 0.462 e. The first-order valence-electron chi connectivity index (χ1n) is 35.2. The van der Waals surface area contributed by atoms with Crippen molar-refractivity contribution in [2.24, 2.45) is 23.7 Å². The Morgan fingerprint density at radius 3 is 0.713 bits per heavy atom. The zero-order valence-electron chi connectivity index (χ0n) is 56.6. The van der Waals surface area contributed by atoms with Gasteiger partial charge in [-0.15, -0.1) is 0 Å². The Morgan fingerprint density at radius 2 is 0.483 bits per heavy atom. The molecule has 0 spiro atoms. The Balaban J connectivity index is 5.25. The molecule has 0 fully saturated rings. The van der Waals surface area contributed by atoms with Gasteiger partial charge in [0, 0.05) is 25.7 Å². The van der Waals surface area contributed by atoms with Gasteiger partial charge in [-0.25, -0.2) is 9.13 Å². The number of rotatable bonds is 65. The maximum atomic E-state index is 13.0. The number of aliphatic hydroxyl groups is 1. The van der Waals surface area contributed by atoms with Crippen molar-refractivity contribution in [2.45, 2.75) is 350 Å². The van der Waals surface area contributed by atoms with Gasteiger partial charge in [-0.05, 0) is 49.4 Å². The van der Waals surface area contributed by atoms with Crippen LogP contribution in [0.1, 0.15) is 331 Å². The average Bonchev–Trinajstić information content (AvgIpc) is 3.68. The Bertz CT molecular complexity index is 1730. The van der Waals surface area contributed by atoms with E-state index in [0.717, 1.165) is 114 Å². The van der Waals surface area contributed by atoms with Gasteiger partial charge in [0.2, 0.25) is 0 Å². The molecule has 0 saturated heterocycles. The van der Waals surface area contributed by atoms with Gasteiger partial charge in [-0.2, -0.15) is 0 Å². The van der Waals surface area contributed by atoms with Gasteiger partial charge in [0.1, 0.15) is 19.3 Å². The van der Waals surface area contributed by atoms with E-state index in [9.17, 15) is 43.2 Å². The second-order valence-corrected chi connectivity index (χ2v) is 29.4. The predicted molar refractivity (Wildman–Crippen MR) is 349 cm³/mol. The lowest BCUT2D eigenvalue weighted by Crippen LogP contribution is -2.30. The van der Waals surface area contributed by atoms with Crippen LogP contribution in [0.2, 0.25) is 0 Å². The lowest BCUT2D eigenvalue weighted by molar-refractivity contribution is -0.161. The van der Waals surface area contributed by atoms with Crippen LogP contribution >= 0.6 is 15.6 Å². The van der Waals surface area contributed by atoms with Gasteiger partial charge in [-0.3, -0.25) is 37.3 Å². The topological polar surface area (TPSA) is 237 Å². The summed E-state index contributed by atoms with van der Waals surface area (Å²) in [7, 11) is -9.90. The highest BCUT2D eigenvalue weighted by atomic mass is 31.2. The number of carbonyl (C=O) groups is 4. The SMILES string of the molecule is CC(C)CCCCCCCCCCCCCCC(=O)O[C@H](COC(=O)CCCCCCCCCCC(C)C)COP(=O)(O)OC[C@@H](O)COP(=O)(O)OC[C@@H](COC(=O)CCCCCCCCC(C)C)OC(=O)CCCCCCCCCCCC(C)C. The van der Waals surface area contributed by atoms with Crippen LogP contribution in [-0.4, -0.2) is 96.7 Å². The molecule has 516 valence electrons. The number of unbranched alkanes of at least 4 members (excludes halogenated alkanes) is 31. The van der Waals surface area contributed by atoms with Crippen molar-refractivity contribution < 1.29 is 80.2 Å². The van der Waals surface area contributed by atoms with Crippen LogP contribution in [0.25, 0.3) is 0 Å². The molecule has 87 heavy (non-hydrogen) atoms. The van der Waals surface area contributed by atoms with Crippen LogP contribution < -0.4 is 0 Å². The van der Waals surface area contributed by atoms with E-state index in [1.54, 1.807) is 0 Å². The molecule has 0 aliphatic rings. The Labute approximate surface area is 530 Å². The maximum Gasteiger partial charge on any atom is 0.472 e. The second kappa shape index (κ2) is 57.9. The van der Waals surface area contributed by atoms with Crippen molar-refractivity contribution in [1.82, 2.24) is 0 Å². The van der Waals surface area contributed by atoms with Crippen LogP contribution in [-0.2, 0) is 65.4 Å². The molecule has 0 aromatic carbocycles. The summed E-state index contributed by atoms with van der Waals surface area (Å²) in [5, 5.41) is 10.6. The van der Waals surface area contributed by atoms with Crippen LogP contribution in [0, 0.1) is 23.7 Å². The zero-order chi connectivity index (χ0) is 64.7. The van der Waals surface area contributed by atoms with E-state index in [2.05, 4.69) is 55.4 Å². The minimum atomic E-state index is -4.95. The van der Waals surface area contributed by atoms with Gasteiger partial charge in [0.25, 0.3) is 0 Å². The fourth-order valence-corrected chi connectivity index (χ4v) is 11.7. The molecule has 0 amide bonds. The number of esters is 4. The molecule has 0 bridgehead atoms. The lowest BCUT2D eigenvalue weighted by atomic mass is 10.0. The summed E-state index contributed by atoms with van der Waals surface area (Å²) >= 11 is 0. The van der Waals surface area contributed by atoms with Gasteiger partial charge in [-0.1, -0.05) is 280 Å². The quantitative estimate of drug-likeness (QED) is 0.0222. The summed E-state index contributed by atoms with van der Waals surface area (Å²) < 4.78 is 68.2. The van der Waals surface area contributed by atoms with E-state index < -0.39 is 97.5 Å². The molecule has 2 unspecified atom stereocenters. The fourth-order valence-electron chi connectivity index (χ4n) is 10.1. The van der Waals surface area contributed by atoms with E-state index in [1.807, 2.05) is 0 Å². The van der Waals surface area contributed by atoms with Crippen molar-refractivity contribution in [3.63, 3.8) is 0 Å². The molecule has 0 aromatic heterocycles. The summed E-state index contributed by atoms with van der Waals surface area (Å²) in [6, 6.07) is 0. The Kier molecular flexibility index (Phi) is 56.6. The predicted octanol–water partition coefficient (Wildman–Crippen LogP) is 18.9. The molecule has 0 aromatic rings. The third kappa shape index (κ3) is 62.6. The van der Waals surface area contributed by atoms with E-state index in [4.69, 9.17) is 37.0 Å². The minimum absolute atomic E-state index is 0.104. The van der Waals surface area contributed by atoms with Crippen molar-refractivity contribution in [1.29, 1.82) is 0 Å². The van der Waals surface area contributed by atoms with Crippen molar-refractivity contribution in [2.75, 3.05) is 39.6 Å². The van der Waals surface area contributed by atoms with Crippen LogP contribution in [0.5, 0.6) is 0 Å². The number of carbonyl (C=O) groups excluding carboxylic acids is 4. The molecular formula is C68H132O17P2. The summed E-state index contributed by atoms with van der Waals surface area (Å²) in [4.78, 5) is 72.4. The molecule has 0 rings (SSSR count). The average molecular weight is 1280 g/mol. The Morgan fingerprint density at radius 1 is 0.287 bits per heavy atom. The molecule has 0 heterocycles. The molecule has 19 heteroatoms. The highest BCUT2D eigenvalue weighted by Crippen LogP contribution is 2.45. The second-order valence-electron chi connectivity index (χ2n) is 26.5. The highest BCUT2D eigenvalue weighted by molar-refractivity contribution is 7.47. The number of hydrogen-bond donors (Lipinski definition) is 3. The zero-order valence-corrected chi connectivity index (χ0v) is 58.4. The number of phosphoric ester groups is 2. The molecule has 17 nitrogen and oxygen atoms in total. The van der Waals surface area contributed by atoms with Crippen LogP contribution in [0.4, 0.5) is 0 Å². The highest BCUT2D eigenvalue weighted by Gasteiger charge is 2.30. The molecule has 0 radical (unpaired) electrons. The molecule has 0 saturated carbocycles. The fraction of sp³-hybridized carbons (Fsp3) is 0.941. The van der Waals surface area contributed by atoms with Gasteiger partial charge >= 0.3 is 39.5 Å². The minimum Gasteiger partial charge on any atom is -0.462 e. The molecule has 0 aliphatic heterocycles. The van der Waals surface area contributed by atoms with E-state index in [1.165, 1.54) is 128 Å². The number of phosphoric acid groups is 2. The lowest BCUT2D eigenvalue weighted by Gasteiger charge is -2.21. The van der Waals surface area contributed by atoms with Crippen molar-refractivity contribution in [3.05, 3.63) is 0 Å². The van der Waals surface area contributed by atoms with E-state index >= 15 is 0 Å². The molecular weight excluding hydrogens is 1150 g/mol. The standard InChI is InChI=1S/C68H132O17P2/c1-58(2)44-36-28-20-14-11-9-10-12-16-24-34-42-50-67(72)84-63(54-78-65(70)48-40-32-23-19-18-22-30-38-46-60(5)6)56-82-86(74,75)80-52-62(69)53-81-87(76,77)83-57-64(55-79-66(71)49-41-33-27-26-31-39-47-61(7)8)85-68(73)51-43-35-25-17-13-15-21-29-37-45-59(3)4/h58-64,69H,9-57H2,1-8H3,(H,74,75)(H,76,77)/t62-,63-,64-/m1/s1. The normalized spacial score (nSPS) is 14.3. The van der Waals surface area contributed by atoms with Gasteiger partial charge in [0.05, 0.1) is 26.4 Å². The van der Waals surface area contributed by atoms with E-state index in [-0.39, 0.29) is 25.7 Å². The van der Waals surface area contributed by atoms with Crippen LogP contribution in [0.15, 0.2) is 0 Å². The number of hydrogen-bond acceptors (Lipinski definition) is 15.